The van der Waals surface area contributed by atoms with Gasteiger partial charge in [-0.2, -0.15) is 0 Å². The molecule has 1 spiro atoms. The highest BCUT2D eigenvalue weighted by atomic mass is 16.2. The number of amides is 2. The summed E-state index contributed by atoms with van der Waals surface area (Å²) >= 11 is 0. The van der Waals surface area contributed by atoms with Crippen LogP contribution in [0.3, 0.4) is 0 Å². The van der Waals surface area contributed by atoms with Crippen molar-refractivity contribution in [1.82, 2.24) is 10.6 Å². The van der Waals surface area contributed by atoms with Crippen LogP contribution in [-0.2, 0) is 14.4 Å². The van der Waals surface area contributed by atoms with E-state index in [0.29, 0.717) is 0 Å². The van der Waals surface area contributed by atoms with Crippen molar-refractivity contribution >= 4 is 17.6 Å². The molecule has 132 valence electrons. The van der Waals surface area contributed by atoms with Crippen molar-refractivity contribution in [2.24, 2.45) is 5.41 Å². The van der Waals surface area contributed by atoms with Crippen LogP contribution >= 0.6 is 0 Å². The van der Waals surface area contributed by atoms with E-state index in [9.17, 15) is 14.4 Å². The Kier molecular flexibility index (Phi) is 4.07. The minimum Gasteiger partial charge on any atom is -0.338 e. The topological polar surface area (TPSA) is 75.3 Å². The van der Waals surface area contributed by atoms with E-state index in [4.69, 9.17) is 0 Å². The number of carbonyl (C=O) groups is 3. The Labute approximate surface area is 151 Å². The predicted molar refractivity (Wildman–Crippen MR) is 96.2 cm³/mol. The van der Waals surface area contributed by atoms with E-state index < -0.39 is 17.3 Å². The largest absolute Gasteiger partial charge is 0.338 e. The molecule has 5 nitrogen and oxygen atoms in total. The van der Waals surface area contributed by atoms with Crippen LogP contribution in [0.1, 0.15) is 35.8 Å². The van der Waals surface area contributed by atoms with Crippen molar-refractivity contribution < 1.29 is 14.4 Å². The van der Waals surface area contributed by atoms with Gasteiger partial charge in [-0.1, -0.05) is 60.7 Å². The molecule has 0 aromatic heterocycles. The lowest BCUT2D eigenvalue weighted by atomic mass is 9.54. The summed E-state index contributed by atoms with van der Waals surface area (Å²) in [5.74, 6) is -1.50. The monoisotopic (exact) mass is 348 g/mol. The third kappa shape index (κ3) is 2.43. The Balaban J connectivity index is 1.94. The Morgan fingerprint density at radius 1 is 0.692 bits per heavy atom. The van der Waals surface area contributed by atoms with E-state index in [1.165, 1.54) is 0 Å². The molecule has 1 heterocycles. The van der Waals surface area contributed by atoms with Gasteiger partial charge in [-0.3, -0.25) is 14.4 Å². The Morgan fingerprint density at radius 2 is 1.12 bits per heavy atom. The van der Waals surface area contributed by atoms with Crippen LogP contribution in [0.5, 0.6) is 0 Å². The molecule has 2 amide bonds. The summed E-state index contributed by atoms with van der Waals surface area (Å²) in [5.41, 5.74) is 0.358. The van der Waals surface area contributed by atoms with Crippen LogP contribution in [0.2, 0.25) is 0 Å². The molecule has 4 rings (SSSR count). The molecular formula is C21H20N2O3. The Bertz CT molecular complexity index is 779. The molecule has 1 aliphatic heterocycles. The number of hydrogen-bond donors (Lipinski definition) is 2. The summed E-state index contributed by atoms with van der Waals surface area (Å²) in [4.78, 5) is 39.0. The Morgan fingerprint density at radius 3 is 1.54 bits per heavy atom. The molecule has 2 unspecified atom stereocenters. The minimum atomic E-state index is -1.32. The molecule has 2 N–H and O–H groups in total. The third-order valence-electron chi connectivity index (χ3n) is 5.62. The number of ketones is 1. The molecule has 1 aliphatic carbocycles. The Hall–Kier alpha value is -2.95. The van der Waals surface area contributed by atoms with Crippen molar-refractivity contribution in [1.29, 1.82) is 0 Å². The van der Waals surface area contributed by atoms with E-state index in [1.54, 1.807) is 0 Å². The normalized spacial score (nSPS) is 24.8. The van der Waals surface area contributed by atoms with Crippen LogP contribution in [0, 0.1) is 5.41 Å². The molecule has 2 aliphatic rings. The van der Waals surface area contributed by atoms with Crippen LogP contribution in [0.4, 0.5) is 0 Å². The molecule has 0 radical (unpaired) electrons. The molecule has 5 heteroatoms. The van der Waals surface area contributed by atoms with Gasteiger partial charge >= 0.3 is 0 Å². The zero-order valence-electron chi connectivity index (χ0n) is 14.3. The fraction of sp³-hybridized carbons (Fsp3) is 0.286. The summed E-state index contributed by atoms with van der Waals surface area (Å²) in [6, 6.07) is 18.8. The lowest BCUT2D eigenvalue weighted by Crippen LogP contribution is -2.65. The van der Waals surface area contributed by atoms with E-state index in [-0.39, 0.29) is 37.1 Å². The van der Waals surface area contributed by atoms with Gasteiger partial charge in [-0.15, -0.1) is 0 Å². The van der Waals surface area contributed by atoms with Crippen LogP contribution < -0.4 is 10.6 Å². The second-order valence-corrected chi connectivity index (χ2v) is 6.93. The highest BCUT2D eigenvalue weighted by Crippen LogP contribution is 2.55. The van der Waals surface area contributed by atoms with Gasteiger partial charge in [-0.25, -0.2) is 0 Å². The maximum Gasteiger partial charge on any atom is 0.238 e. The second kappa shape index (κ2) is 6.41. The fourth-order valence-corrected chi connectivity index (χ4v) is 4.47. The molecule has 2 atom stereocenters. The molecule has 0 bridgehead atoms. The van der Waals surface area contributed by atoms with Crippen molar-refractivity contribution in [2.45, 2.75) is 24.7 Å². The van der Waals surface area contributed by atoms with Crippen molar-refractivity contribution in [3.05, 3.63) is 71.8 Å². The van der Waals surface area contributed by atoms with Crippen LogP contribution in [-0.4, -0.2) is 24.3 Å². The minimum absolute atomic E-state index is 0.0736. The standard InChI is InChI=1S/C21H20N2O3/c24-16-11-17(14-7-3-1-4-8-14)21(19(25)22-13-23-20(21)26)18(12-16)15-9-5-2-6-10-15/h1-10,17-18H,11-13H2,(H,22,25)(H,23,26). The molecule has 1 saturated carbocycles. The number of hydrogen-bond acceptors (Lipinski definition) is 3. The second-order valence-electron chi connectivity index (χ2n) is 6.93. The number of benzene rings is 2. The zero-order valence-corrected chi connectivity index (χ0v) is 14.3. The lowest BCUT2D eigenvalue weighted by molar-refractivity contribution is -0.154. The summed E-state index contributed by atoms with van der Waals surface area (Å²) in [6.07, 6.45) is 0.377. The molecule has 2 fully saturated rings. The highest BCUT2D eigenvalue weighted by molar-refractivity contribution is 6.10. The van der Waals surface area contributed by atoms with Gasteiger partial charge in [0, 0.05) is 24.7 Å². The third-order valence-corrected chi connectivity index (χ3v) is 5.62. The number of rotatable bonds is 2. The van der Waals surface area contributed by atoms with Crippen molar-refractivity contribution in [3.63, 3.8) is 0 Å². The number of Topliss-reactive ketones (excluding diaryl/α,β-unsaturated/α-hetero) is 1. The first-order valence-corrected chi connectivity index (χ1v) is 8.82. The van der Waals surface area contributed by atoms with Crippen LogP contribution in [0.25, 0.3) is 0 Å². The van der Waals surface area contributed by atoms with Gasteiger partial charge in [0.05, 0.1) is 6.67 Å². The van der Waals surface area contributed by atoms with Gasteiger partial charge in [0.15, 0.2) is 0 Å². The predicted octanol–water partition coefficient (Wildman–Crippen LogP) is 2.11. The average molecular weight is 348 g/mol. The summed E-state index contributed by atoms with van der Waals surface area (Å²) in [5, 5.41) is 5.61. The number of carbonyl (C=O) groups excluding carboxylic acids is 3. The number of nitrogens with one attached hydrogen (secondary N) is 2. The molecule has 1 saturated heterocycles. The molecule has 2 aromatic rings. The summed E-state index contributed by atoms with van der Waals surface area (Å²) in [7, 11) is 0. The fourth-order valence-electron chi connectivity index (χ4n) is 4.47. The SMILES string of the molecule is O=C1CC(c2ccccc2)C2(C(=O)NCNC2=O)C(c2ccccc2)C1. The van der Waals surface area contributed by atoms with Gasteiger partial charge in [0.25, 0.3) is 0 Å². The maximum atomic E-state index is 13.2. The van der Waals surface area contributed by atoms with Crippen molar-refractivity contribution in [2.75, 3.05) is 6.67 Å². The molecular weight excluding hydrogens is 328 g/mol. The van der Waals surface area contributed by atoms with E-state index in [0.717, 1.165) is 11.1 Å². The van der Waals surface area contributed by atoms with E-state index in [2.05, 4.69) is 10.6 Å². The van der Waals surface area contributed by atoms with Gasteiger partial charge < -0.3 is 10.6 Å². The van der Waals surface area contributed by atoms with Gasteiger partial charge in [0.2, 0.25) is 11.8 Å². The first-order chi connectivity index (χ1) is 12.6. The van der Waals surface area contributed by atoms with Crippen LogP contribution in [0.15, 0.2) is 60.7 Å². The van der Waals surface area contributed by atoms with E-state index >= 15 is 0 Å². The quantitative estimate of drug-likeness (QED) is 0.816. The summed E-state index contributed by atoms with van der Waals surface area (Å²) in [6.45, 7) is 0.121. The summed E-state index contributed by atoms with van der Waals surface area (Å²) < 4.78 is 0. The van der Waals surface area contributed by atoms with Gasteiger partial charge in [0.1, 0.15) is 11.2 Å². The first kappa shape index (κ1) is 16.5. The van der Waals surface area contributed by atoms with Gasteiger partial charge in [-0.05, 0) is 11.1 Å². The van der Waals surface area contributed by atoms with Crippen molar-refractivity contribution in [3.8, 4) is 0 Å². The lowest BCUT2D eigenvalue weighted by Gasteiger charge is -2.48. The molecule has 2 aromatic carbocycles. The maximum absolute atomic E-state index is 13.2. The zero-order chi connectivity index (χ0) is 18.1. The van der Waals surface area contributed by atoms with E-state index in [1.807, 2.05) is 60.7 Å². The highest BCUT2D eigenvalue weighted by Gasteiger charge is 2.62. The smallest absolute Gasteiger partial charge is 0.238 e. The first-order valence-electron chi connectivity index (χ1n) is 8.82. The molecule has 26 heavy (non-hydrogen) atoms. The average Bonchev–Trinajstić information content (AvgIpc) is 2.68.